The fourth-order valence-corrected chi connectivity index (χ4v) is 2.15. The minimum atomic E-state index is -0.402. The van der Waals surface area contributed by atoms with Gasteiger partial charge in [0.1, 0.15) is 0 Å². The Balaban J connectivity index is 2.44. The van der Waals surface area contributed by atoms with E-state index < -0.39 is 4.92 Å². The highest BCUT2D eigenvalue weighted by Gasteiger charge is 2.14. The minimum absolute atomic E-state index is 0.0892. The highest BCUT2D eigenvalue weighted by molar-refractivity contribution is 7.71. The van der Waals surface area contributed by atoms with Crippen molar-refractivity contribution in [2.45, 2.75) is 13.5 Å². The smallest absolute Gasteiger partial charge is 0.272 e. The Bertz CT molecular complexity index is 692. The fraction of sp³-hybridized carbons (Fsp3) is 0.333. The van der Waals surface area contributed by atoms with Gasteiger partial charge in [0.05, 0.1) is 18.1 Å². The monoisotopic (exact) mass is 294 g/mol. The second kappa shape index (κ2) is 5.93. The molecule has 8 heteroatoms. The lowest BCUT2D eigenvalue weighted by Crippen LogP contribution is -2.06. The highest BCUT2D eigenvalue weighted by Crippen LogP contribution is 2.24. The van der Waals surface area contributed by atoms with E-state index >= 15 is 0 Å². The molecule has 0 fully saturated rings. The predicted molar refractivity (Wildman–Crippen MR) is 76.1 cm³/mol. The van der Waals surface area contributed by atoms with Crippen molar-refractivity contribution in [2.24, 2.45) is 0 Å². The molecule has 1 N–H and O–H groups in total. The van der Waals surface area contributed by atoms with Crippen molar-refractivity contribution in [1.82, 2.24) is 14.8 Å². The first-order chi connectivity index (χ1) is 9.54. The van der Waals surface area contributed by atoms with Gasteiger partial charge >= 0.3 is 0 Å². The Morgan fingerprint density at radius 1 is 1.55 bits per heavy atom. The number of H-pyrrole nitrogens is 1. The summed E-state index contributed by atoms with van der Waals surface area (Å²) < 4.78 is 7.34. The molecule has 0 aliphatic carbocycles. The normalized spacial score (nSPS) is 10.7. The molecule has 1 aromatic carbocycles. The third-order valence-corrected chi connectivity index (χ3v) is 3.24. The van der Waals surface area contributed by atoms with Gasteiger partial charge in [-0.25, -0.2) is 0 Å². The number of nitrogens with zero attached hydrogens (tertiary/aromatic N) is 3. The van der Waals surface area contributed by atoms with Gasteiger partial charge in [0.15, 0.2) is 10.6 Å². The van der Waals surface area contributed by atoms with E-state index in [0.717, 1.165) is 5.56 Å². The van der Waals surface area contributed by atoms with Crippen LogP contribution in [0.25, 0.3) is 11.4 Å². The summed E-state index contributed by atoms with van der Waals surface area (Å²) in [5.74, 6) is 0.644. The number of aromatic amines is 1. The molecular formula is C12H14N4O3S. The average molecular weight is 294 g/mol. The van der Waals surface area contributed by atoms with E-state index in [9.17, 15) is 10.1 Å². The number of nitrogens with one attached hydrogen (secondary N) is 1. The molecule has 7 nitrogen and oxygen atoms in total. The fourth-order valence-electron chi connectivity index (χ4n) is 1.93. The van der Waals surface area contributed by atoms with Crippen LogP contribution < -0.4 is 0 Å². The summed E-state index contributed by atoms with van der Waals surface area (Å²) >= 11 is 5.17. The van der Waals surface area contributed by atoms with Crippen molar-refractivity contribution >= 4 is 17.9 Å². The Hall–Kier alpha value is -2.06. The van der Waals surface area contributed by atoms with E-state index in [2.05, 4.69) is 10.2 Å². The van der Waals surface area contributed by atoms with Crippen LogP contribution >= 0.6 is 12.2 Å². The van der Waals surface area contributed by atoms with Gasteiger partial charge in [-0.05, 0) is 31.3 Å². The summed E-state index contributed by atoms with van der Waals surface area (Å²) in [5, 5.41) is 17.7. The maximum Gasteiger partial charge on any atom is 0.272 e. The number of nitro benzene ring substituents is 1. The molecule has 2 rings (SSSR count). The quantitative estimate of drug-likeness (QED) is 0.520. The number of aromatic nitrogens is 3. The molecule has 0 spiro atoms. The second-order valence-corrected chi connectivity index (χ2v) is 4.64. The number of benzene rings is 1. The van der Waals surface area contributed by atoms with Crippen molar-refractivity contribution in [3.8, 4) is 11.4 Å². The van der Waals surface area contributed by atoms with E-state index in [4.69, 9.17) is 17.0 Å². The van der Waals surface area contributed by atoms with E-state index in [0.29, 0.717) is 29.3 Å². The molecule has 2 aromatic rings. The molecule has 0 saturated heterocycles. The standard InChI is InChI=1S/C12H14N4O3S/c1-8-7-9(3-4-10(8)16(17)18)11-13-14-12(20)15(11)5-6-19-2/h3-4,7H,5-6H2,1-2H3,(H,14,20). The van der Waals surface area contributed by atoms with E-state index in [-0.39, 0.29) is 5.69 Å². The molecule has 0 unspecified atom stereocenters. The van der Waals surface area contributed by atoms with Crippen LogP contribution in [0.5, 0.6) is 0 Å². The van der Waals surface area contributed by atoms with Gasteiger partial charge in [0.25, 0.3) is 5.69 Å². The van der Waals surface area contributed by atoms with Crippen LogP contribution in [0.2, 0.25) is 0 Å². The Kier molecular flexibility index (Phi) is 4.26. The molecule has 0 radical (unpaired) electrons. The second-order valence-electron chi connectivity index (χ2n) is 4.26. The van der Waals surface area contributed by atoms with Crippen LogP contribution in [0.4, 0.5) is 5.69 Å². The first-order valence-electron chi connectivity index (χ1n) is 5.94. The highest BCUT2D eigenvalue weighted by atomic mass is 32.1. The molecule has 20 heavy (non-hydrogen) atoms. The third-order valence-electron chi connectivity index (χ3n) is 2.93. The Labute approximate surface area is 120 Å². The van der Waals surface area contributed by atoms with Crippen molar-refractivity contribution < 1.29 is 9.66 Å². The number of ether oxygens (including phenoxy) is 1. The lowest BCUT2D eigenvalue weighted by molar-refractivity contribution is -0.385. The Morgan fingerprint density at radius 3 is 2.90 bits per heavy atom. The molecule has 1 heterocycles. The molecule has 0 amide bonds. The topological polar surface area (TPSA) is 86.0 Å². The number of hydrogen-bond acceptors (Lipinski definition) is 5. The van der Waals surface area contributed by atoms with Gasteiger partial charge < -0.3 is 4.74 Å². The summed E-state index contributed by atoms with van der Waals surface area (Å²) in [6, 6.07) is 4.87. The number of aryl methyl sites for hydroxylation is 1. The van der Waals surface area contributed by atoms with Crippen LogP contribution in [0.15, 0.2) is 18.2 Å². The summed E-state index contributed by atoms with van der Waals surface area (Å²) in [4.78, 5) is 10.4. The number of rotatable bonds is 5. The predicted octanol–water partition coefficient (Wildman–Crippen LogP) is 2.47. The van der Waals surface area contributed by atoms with E-state index in [1.165, 1.54) is 6.07 Å². The molecule has 0 aliphatic rings. The first-order valence-corrected chi connectivity index (χ1v) is 6.35. The Morgan fingerprint density at radius 2 is 2.30 bits per heavy atom. The van der Waals surface area contributed by atoms with Gasteiger partial charge in [-0.15, -0.1) is 0 Å². The lowest BCUT2D eigenvalue weighted by Gasteiger charge is -2.07. The zero-order chi connectivity index (χ0) is 14.7. The molecule has 0 saturated carbocycles. The molecular weight excluding hydrogens is 280 g/mol. The summed E-state index contributed by atoms with van der Waals surface area (Å²) in [5.41, 5.74) is 1.45. The lowest BCUT2D eigenvalue weighted by atomic mass is 10.1. The summed E-state index contributed by atoms with van der Waals surface area (Å²) in [7, 11) is 1.61. The van der Waals surface area contributed by atoms with Crippen molar-refractivity contribution in [2.75, 3.05) is 13.7 Å². The number of methoxy groups -OCH3 is 1. The van der Waals surface area contributed by atoms with Gasteiger partial charge in [0.2, 0.25) is 0 Å². The third kappa shape index (κ3) is 2.75. The first kappa shape index (κ1) is 14.4. The molecule has 106 valence electrons. The number of hydrogen-bond donors (Lipinski definition) is 1. The van der Waals surface area contributed by atoms with Crippen LogP contribution in [-0.4, -0.2) is 33.4 Å². The molecule has 0 aliphatic heterocycles. The SMILES string of the molecule is COCCn1c(-c2ccc([N+](=O)[O-])c(C)c2)n[nH]c1=S. The zero-order valence-electron chi connectivity index (χ0n) is 11.1. The van der Waals surface area contributed by atoms with Crippen molar-refractivity contribution in [3.63, 3.8) is 0 Å². The van der Waals surface area contributed by atoms with Crippen molar-refractivity contribution in [3.05, 3.63) is 38.6 Å². The van der Waals surface area contributed by atoms with Gasteiger partial charge in [-0.1, -0.05) is 0 Å². The maximum absolute atomic E-state index is 10.8. The summed E-state index contributed by atoms with van der Waals surface area (Å²) in [6.07, 6.45) is 0. The van der Waals surface area contributed by atoms with Crippen LogP contribution in [0.1, 0.15) is 5.56 Å². The van der Waals surface area contributed by atoms with E-state index in [1.807, 2.05) is 0 Å². The molecule has 0 bridgehead atoms. The van der Waals surface area contributed by atoms with Crippen LogP contribution in [-0.2, 0) is 11.3 Å². The number of nitro groups is 1. The largest absolute Gasteiger partial charge is 0.383 e. The molecule has 1 aromatic heterocycles. The van der Waals surface area contributed by atoms with Gasteiger partial charge in [-0.2, -0.15) is 5.10 Å². The summed E-state index contributed by atoms with van der Waals surface area (Å²) in [6.45, 7) is 2.77. The van der Waals surface area contributed by atoms with Gasteiger partial charge in [-0.3, -0.25) is 19.8 Å². The van der Waals surface area contributed by atoms with Gasteiger partial charge in [0, 0.05) is 24.3 Å². The molecule has 0 atom stereocenters. The van der Waals surface area contributed by atoms with Crippen molar-refractivity contribution in [1.29, 1.82) is 0 Å². The van der Waals surface area contributed by atoms with Crippen LogP contribution in [0, 0.1) is 21.8 Å². The van der Waals surface area contributed by atoms with E-state index in [1.54, 1.807) is 30.7 Å². The maximum atomic E-state index is 10.8. The minimum Gasteiger partial charge on any atom is -0.383 e. The zero-order valence-corrected chi connectivity index (χ0v) is 11.9. The average Bonchev–Trinajstić information content (AvgIpc) is 2.77. The van der Waals surface area contributed by atoms with Crippen LogP contribution in [0.3, 0.4) is 0 Å².